The van der Waals surface area contributed by atoms with E-state index in [1.54, 1.807) is 56.7 Å². The van der Waals surface area contributed by atoms with Gasteiger partial charge in [-0.1, -0.05) is 25.6 Å². The van der Waals surface area contributed by atoms with Crippen molar-refractivity contribution in [2.45, 2.75) is 25.5 Å². The summed E-state index contributed by atoms with van der Waals surface area (Å²) in [4.78, 5) is 43.0. The molecule has 1 N–H and O–H groups in total. The van der Waals surface area contributed by atoms with Gasteiger partial charge in [-0.25, -0.2) is 4.98 Å². The van der Waals surface area contributed by atoms with Crippen LogP contribution in [0.4, 0.5) is 0 Å². The summed E-state index contributed by atoms with van der Waals surface area (Å²) in [6, 6.07) is 11.7. The molecule has 0 aliphatic carbocycles. The summed E-state index contributed by atoms with van der Waals surface area (Å²) >= 11 is 1.18. The van der Waals surface area contributed by atoms with E-state index in [4.69, 9.17) is 9.47 Å². The van der Waals surface area contributed by atoms with E-state index in [-0.39, 0.29) is 23.0 Å². The molecule has 1 amide bonds. The van der Waals surface area contributed by atoms with E-state index in [9.17, 15) is 14.4 Å². The van der Waals surface area contributed by atoms with Crippen molar-refractivity contribution in [2.24, 2.45) is 5.92 Å². The predicted octanol–water partition coefficient (Wildman–Crippen LogP) is 3.41. The summed E-state index contributed by atoms with van der Waals surface area (Å²) in [7, 11) is 3.12. The number of nitrogens with one attached hydrogen (secondary N) is 1. The van der Waals surface area contributed by atoms with Crippen LogP contribution in [0.2, 0.25) is 0 Å². The zero-order valence-electron chi connectivity index (χ0n) is 19.8. The highest BCUT2D eigenvalue weighted by Crippen LogP contribution is 2.21. The van der Waals surface area contributed by atoms with Crippen molar-refractivity contribution in [1.29, 1.82) is 0 Å². The zero-order chi connectivity index (χ0) is 24.7. The number of carbonyl (C=O) groups is 2. The number of rotatable bonds is 11. The Morgan fingerprint density at radius 1 is 1.09 bits per heavy atom. The quantitative estimate of drug-likeness (QED) is 0.253. The van der Waals surface area contributed by atoms with Crippen molar-refractivity contribution in [3.8, 4) is 5.75 Å². The van der Waals surface area contributed by atoms with E-state index in [1.165, 1.54) is 16.3 Å². The Labute approximate surface area is 202 Å². The topological polar surface area (TPSA) is 99.5 Å². The predicted molar refractivity (Wildman–Crippen MR) is 133 cm³/mol. The van der Waals surface area contributed by atoms with Crippen molar-refractivity contribution < 1.29 is 19.1 Å². The average Bonchev–Trinajstić information content (AvgIpc) is 2.85. The van der Waals surface area contributed by atoms with Crippen molar-refractivity contribution in [1.82, 2.24) is 14.9 Å². The number of hydrogen-bond donors (Lipinski definition) is 1. The number of ether oxygens (including phenoxy) is 2. The van der Waals surface area contributed by atoms with E-state index >= 15 is 0 Å². The maximum atomic E-state index is 13.2. The average molecular weight is 484 g/mol. The Balaban J connectivity index is 1.90. The van der Waals surface area contributed by atoms with Crippen molar-refractivity contribution in [2.75, 3.05) is 33.1 Å². The first kappa shape index (κ1) is 25.5. The van der Waals surface area contributed by atoms with Crippen LogP contribution in [-0.4, -0.2) is 54.4 Å². The van der Waals surface area contributed by atoms with E-state index in [0.717, 1.165) is 0 Å². The highest BCUT2D eigenvalue weighted by Gasteiger charge is 2.16. The second-order valence-electron chi connectivity index (χ2n) is 8.12. The van der Waals surface area contributed by atoms with Gasteiger partial charge in [-0.15, -0.1) is 0 Å². The summed E-state index contributed by atoms with van der Waals surface area (Å²) in [6.07, 6.45) is 0. The number of fused-ring (bicyclic) bond motifs is 1. The maximum absolute atomic E-state index is 13.2. The van der Waals surface area contributed by atoms with Gasteiger partial charge in [-0.05, 0) is 48.4 Å². The first-order chi connectivity index (χ1) is 16.3. The van der Waals surface area contributed by atoms with E-state index < -0.39 is 0 Å². The molecule has 0 aliphatic heterocycles. The SMILES string of the molecule is COCCn1c(SCC(=O)c2ccc(OC)cc2)nc2cc(C(=O)NCC(C)C)ccc2c1=O. The van der Waals surface area contributed by atoms with Gasteiger partial charge in [0, 0.05) is 24.8 Å². The van der Waals surface area contributed by atoms with E-state index in [0.29, 0.717) is 58.6 Å². The van der Waals surface area contributed by atoms with Crippen molar-refractivity contribution >= 4 is 34.4 Å². The number of nitrogens with zero attached hydrogens (tertiary/aromatic N) is 2. The standard InChI is InChI=1S/C25H29N3O5S/c1-16(2)14-26-23(30)18-7-10-20-21(13-18)27-25(28(24(20)31)11-12-32-3)34-15-22(29)17-5-8-19(33-4)9-6-17/h5-10,13,16H,11-12,14-15H2,1-4H3,(H,26,30). The molecule has 0 aliphatic rings. The first-order valence-corrected chi connectivity index (χ1v) is 11.9. The van der Waals surface area contributed by atoms with Gasteiger partial charge in [0.15, 0.2) is 10.9 Å². The van der Waals surface area contributed by atoms with Crippen LogP contribution in [0.15, 0.2) is 52.4 Å². The molecule has 0 saturated heterocycles. The lowest BCUT2D eigenvalue weighted by Gasteiger charge is -2.13. The normalized spacial score (nSPS) is 11.1. The van der Waals surface area contributed by atoms with Gasteiger partial charge < -0.3 is 14.8 Å². The fraction of sp³-hybridized carbons (Fsp3) is 0.360. The lowest BCUT2D eigenvalue weighted by molar-refractivity contribution is 0.0948. The smallest absolute Gasteiger partial charge is 0.262 e. The summed E-state index contributed by atoms with van der Waals surface area (Å²) in [6.45, 7) is 5.21. The highest BCUT2D eigenvalue weighted by molar-refractivity contribution is 7.99. The number of thioether (sulfide) groups is 1. The Bertz CT molecular complexity index is 1220. The number of amides is 1. The van der Waals surface area contributed by atoms with E-state index in [1.807, 2.05) is 13.8 Å². The molecule has 1 heterocycles. The van der Waals surface area contributed by atoms with Crippen LogP contribution in [0.1, 0.15) is 34.6 Å². The highest BCUT2D eigenvalue weighted by atomic mass is 32.2. The number of ketones is 1. The third-order valence-electron chi connectivity index (χ3n) is 5.12. The monoisotopic (exact) mass is 483 g/mol. The number of carbonyl (C=O) groups excluding carboxylic acids is 2. The lowest BCUT2D eigenvalue weighted by Crippen LogP contribution is -2.28. The van der Waals surface area contributed by atoms with Crippen LogP contribution in [0, 0.1) is 5.92 Å². The largest absolute Gasteiger partial charge is 0.497 e. The molecule has 1 aromatic heterocycles. The molecule has 0 fully saturated rings. The van der Waals surface area contributed by atoms with Crippen LogP contribution in [-0.2, 0) is 11.3 Å². The van der Waals surface area contributed by atoms with Crippen molar-refractivity contribution in [3.63, 3.8) is 0 Å². The Morgan fingerprint density at radius 2 is 1.79 bits per heavy atom. The van der Waals surface area contributed by atoms with Crippen LogP contribution in [0.25, 0.3) is 10.9 Å². The minimum absolute atomic E-state index is 0.0953. The molecule has 180 valence electrons. The molecular formula is C25H29N3O5S. The maximum Gasteiger partial charge on any atom is 0.262 e. The number of benzene rings is 2. The molecule has 3 aromatic rings. The van der Waals surface area contributed by atoms with Gasteiger partial charge in [-0.2, -0.15) is 0 Å². The number of hydrogen-bond acceptors (Lipinski definition) is 7. The first-order valence-electron chi connectivity index (χ1n) is 11.0. The Kier molecular flexibility index (Phi) is 8.84. The van der Waals surface area contributed by atoms with Gasteiger partial charge in [0.25, 0.3) is 11.5 Å². The molecule has 0 unspecified atom stereocenters. The molecule has 2 aromatic carbocycles. The number of Topliss-reactive ketones (excluding diaryl/α,β-unsaturated/α-hetero) is 1. The minimum Gasteiger partial charge on any atom is -0.497 e. The molecule has 9 heteroatoms. The summed E-state index contributed by atoms with van der Waals surface area (Å²) in [5.74, 6) is 0.780. The molecular weight excluding hydrogens is 454 g/mol. The molecule has 3 rings (SSSR count). The molecule has 0 spiro atoms. The molecule has 34 heavy (non-hydrogen) atoms. The van der Waals surface area contributed by atoms with Gasteiger partial charge in [0.2, 0.25) is 0 Å². The number of aromatic nitrogens is 2. The fourth-order valence-electron chi connectivity index (χ4n) is 3.22. The van der Waals surface area contributed by atoms with Gasteiger partial charge >= 0.3 is 0 Å². The van der Waals surface area contributed by atoms with Crippen LogP contribution < -0.4 is 15.6 Å². The van der Waals surface area contributed by atoms with Crippen LogP contribution in [0.3, 0.4) is 0 Å². The Morgan fingerprint density at radius 3 is 2.44 bits per heavy atom. The van der Waals surface area contributed by atoms with Gasteiger partial charge in [0.1, 0.15) is 5.75 Å². The zero-order valence-corrected chi connectivity index (χ0v) is 20.6. The fourth-order valence-corrected chi connectivity index (χ4v) is 4.14. The summed E-state index contributed by atoms with van der Waals surface area (Å²) in [5, 5.41) is 3.68. The van der Waals surface area contributed by atoms with Gasteiger partial charge in [-0.3, -0.25) is 19.0 Å². The summed E-state index contributed by atoms with van der Waals surface area (Å²) in [5.41, 5.74) is 1.15. The van der Waals surface area contributed by atoms with Gasteiger partial charge in [0.05, 0.1) is 36.9 Å². The summed E-state index contributed by atoms with van der Waals surface area (Å²) < 4.78 is 11.8. The third kappa shape index (κ3) is 6.24. The molecule has 8 nitrogen and oxygen atoms in total. The molecule has 0 atom stereocenters. The third-order valence-corrected chi connectivity index (χ3v) is 6.09. The number of methoxy groups -OCH3 is 2. The van der Waals surface area contributed by atoms with Crippen LogP contribution in [0.5, 0.6) is 5.75 Å². The van der Waals surface area contributed by atoms with Crippen molar-refractivity contribution in [3.05, 3.63) is 63.9 Å². The second-order valence-corrected chi connectivity index (χ2v) is 9.06. The van der Waals surface area contributed by atoms with Crippen LogP contribution >= 0.6 is 11.8 Å². The second kappa shape index (κ2) is 11.8. The minimum atomic E-state index is -0.240. The Hall–Kier alpha value is -3.17. The molecule has 0 saturated carbocycles. The molecule has 0 bridgehead atoms. The molecule has 0 radical (unpaired) electrons. The lowest BCUT2D eigenvalue weighted by atomic mass is 10.1. The van der Waals surface area contributed by atoms with E-state index in [2.05, 4.69) is 10.3 Å².